The first kappa shape index (κ1) is 11.9. The van der Waals surface area contributed by atoms with Gasteiger partial charge in [-0.15, -0.1) is 0 Å². The normalized spacial score (nSPS) is 8.00. The van der Waals surface area contributed by atoms with Crippen molar-refractivity contribution in [1.82, 2.24) is 0 Å². The van der Waals surface area contributed by atoms with Crippen molar-refractivity contribution in [3.63, 3.8) is 0 Å². The molecular formula is C9H17N. The summed E-state index contributed by atoms with van der Waals surface area (Å²) >= 11 is 0. The van der Waals surface area contributed by atoms with E-state index in [1.165, 1.54) is 11.8 Å². The second-order valence-corrected chi connectivity index (χ2v) is 1.72. The smallest absolute Gasteiger partial charge is 0.0266 e. The van der Waals surface area contributed by atoms with Gasteiger partial charge in [0.1, 0.15) is 0 Å². The second-order valence-electron chi connectivity index (χ2n) is 1.72. The third kappa shape index (κ3) is 15.7. The lowest BCUT2D eigenvalue weighted by molar-refractivity contribution is 1.40. The molecule has 0 N–H and O–H groups in total. The topological polar surface area (TPSA) is 12.4 Å². The van der Waals surface area contributed by atoms with Crippen molar-refractivity contribution >= 4 is 6.21 Å². The maximum atomic E-state index is 3.77. The third-order valence-corrected chi connectivity index (χ3v) is 0.599. The summed E-state index contributed by atoms with van der Waals surface area (Å²) in [6.45, 7) is 11.5. The molecule has 0 aromatic rings. The van der Waals surface area contributed by atoms with Gasteiger partial charge in [-0.2, -0.15) is 0 Å². The van der Waals surface area contributed by atoms with E-state index in [-0.39, 0.29) is 0 Å². The predicted octanol–water partition coefficient (Wildman–Crippen LogP) is 3.19. The van der Waals surface area contributed by atoms with Crippen molar-refractivity contribution in [2.75, 3.05) is 0 Å². The standard InChI is InChI=1S/C7H11N.C2H6/c1-4-8-6-5-7(2)3;1-2/h4-6H,1H2,2-3H3;1-2H3. The number of hydrogen-bond donors (Lipinski definition) is 0. The Morgan fingerprint density at radius 1 is 1.30 bits per heavy atom. The Labute approximate surface area is 64.2 Å². The number of rotatable bonds is 2. The Balaban J connectivity index is 0. The van der Waals surface area contributed by atoms with Gasteiger partial charge in [0, 0.05) is 12.4 Å². The molecule has 0 fully saturated rings. The first-order valence-electron chi connectivity index (χ1n) is 3.55. The molecule has 0 spiro atoms. The van der Waals surface area contributed by atoms with Crippen molar-refractivity contribution in [3.05, 3.63) is 24.4 Å². The summed E-state index contributed by atoms with van der Waals surface area (Å²) in [4.78, 5) is 3.77. The van der Waals surface area contributed by atoms with Crippen LogP contribution >= 0.6 is 0 Å². The predicted molar refractivity (Wildman–Crippen MR) is 49.5 cm³/mol. The zero-order valence-corrected chi connectivity index (χ0v) is 7.39. The van der Waals surface area contributed by atoms with Crippen LogP contribution in [0.2, 0.25) is 0 Å². The fourth-order valence-corrected chi connectivity index (χ4v) is 0.253. The summed E-state index contributed by atoms with van der Waals surface area (Å²) in [5.41, 5.74) is 1.25. The SMILES string of the molecule is C=CN=CC=C(C)C.CC. The molecule has 0 bridgehead atoms. The van der Waals surface area contributed by atoms with E-state index in [4.69, 9.17) is 0 Å². The molecule has 0 aliphatic heterocycles. The summed E-state index contributed by atoms with van der Waals surface area (Å²) in [6, 6.07) is 0. The molecule has 0 amide bonds. The zero-order chi connectivity index (χ0) is 8.41. The van der Waals surface area contributed by atoms with Crippen LogP contribution in [0.3, 0.4) is 0 Å². The second kappa shape index (κ2) is 11.0. The van der Waals surface area contributed by atoms with Crippen LogP contribution in [-0.2, 0) is 0 Å². The van der Waals surface area contributed by atoms with E-state index in [0.29, 0.717) is 0 Å². The van der Waals surface area contributed by atoms with E-state index in [0.717, 1.165) is 0 Å². The Morgan fingerprint density at radius 2 is 1.80 bits per heavy atom. The number of hydrogen-bond acceptors (Lipinski definition) is 1. The minimum atomic E-state index is 1.25. The van der Waals surface area contributed by atoms with Crippen LogP contribution in [0, 0.1) is 0 Å². The van der Waals surface area contributed by atoms with Gasteiger partial charge in [0.15, 0.2) is 0 Å². The molecule has 1 nitrogen and oxygen atoms in total. The van der Waals surface area contributed by atoms with Gasteiger partial charge in [-0.3, -0.25) is 4.99 Å². The Hall–Kier alpha value is -0.850. The largest absolute Gasteiger partial charge is 0.265 e. The molecule has 0 atom stereocenters. The molecule has 0 radical (unpaired) electrons. The van der Waals surface area contributed by atoms with E-state index in [1.54, 1.807) is 6.21 Å². The summed E-state index contributed by atoms with van der Waals surface area (Å²) < 4.78 is 0. The molecule has 0 aromatic heterocycles. The highest BCUT2D eigenvalue weighted by molar-refractivity contribution is 5.72. The molecule has 0 aliphatic rings. The molecule has 0 rings (SSSR count). The molecule has 1 heteroatoms. The lowest BCUT2D eigenvalue weighted by Gasteiger charge is -1.78. The highest BCUT2D eigenvalue weighted by atomic mass is 14.6. The van der Waals surface area contributed by atoms with Crippen LogP contribution in [0.15, 0.2) is 29.4 Å². The van der Waals surface area contributed by atoms with Gasteiger partial charge in [0.05, 0.1) is 0 Å². The number of aliphatic imine (C=N–C) groups is 1. The van der Waals surface area contributed by atoms with Crippen molar-refractivity contribution < 1.29 is 0 Å². The van der Waals surface area contributed by atoms with Gasteiger partial charge >= 0.3 is 0 Å². The molecule has 0 aliphatic carbocycles. The highest BCUT2D eigenvalue weighted by Crippen LogP contribution is 1.83. The molecule has 10 heavy (non-hydrogen) atoms. The first-order chi connectivity index (χ1) is 4.77. The van der Waals surface area contributed by atoms with Crippen LogP contribution in [0.1, 0.15) is 27.7 Å². The summed E-state index contributed by atoms with van der Waals surface area (Å²) in [5, 5.41) is 0. The van der Waals surface area contributed by atoms with Crippen LogP contribution < -0.4 is 0 Å². The lowest BCUT2D eigenvalue weighted by Crippen LogP contribution is -1.64. The van der Waals surface area contributed by atoms with Crippen molar-refractivity contribution in [2.24, 2.45) is 4.99 Å². The molecule has 58 valence electrons. The van der Waals surface area contributed by atoms with E-state index in [1.807, 2.05) is 33.8 Å². The summed E-state index contributed by atoms with van der Waals surface area (Å²) in [5.74, 6) is 0. The Kier molecular flexibility index (Phi) is 13.1. The van der Waals surface area contributed by atoms with Gasteiger partial charge in [-0.25, -0.2) is 0 Å². The minimum Gasteiger partial charge on any atom is -0.265 e. The average molecular weight is 139 g/mol. The minimum absolute atomic E-state index is 1.25. The molecule has 0 saturated heterocycles. The zero-order valence-electron chi connectivity index (χ0n) is 7.39. The van der Waals surface area contributed by atoms with Gasteiger partial charge < -0.3 is 0 Å². The van der Waals surface area contributed by atoms with E-state index < -0.39 is 0 Å². The summed E-state index contributed by atoms with van der Waals surface area (Å²) in [6.07, 6.45) is 5.17. The van der Waals surface area contributed by atoms with Crippen LogP contribution in [0.25, 0.3) is 0 Å². The Morgan fingerprint density at radius 3 is 2.10 bits per heavy atom. The number of allylic oxidation sites excluding steroid dienone is 2. The first-order valence-corrected chi connectivity index (χ1v) is 3.55. The van der Waals surface area contributed by atoms with Gasteiger partial charge in [0.2, 0.25) is 0 Å². The van der Waals surface area contributed by atoms with Crippen LogP contribution in [0.5, 0.6) is 0 Å². The number of nitrogens with zero attached hydrogens (tertiary/aromatic N) is 1. The molecular weight excluding hydrogens is 122 g/mol. The fraction of sp³-hybridized carbons (Fsp3) is 0.444. The van der Waals surface area contributed by atoms with Gasteiger partial charge in [-0.05, 0) is 19.9 Å². The Bertz CT molecular complexity index is 117. The van der Waals surface area contributed by atoms with Crippen LogP contribution in [-0.4, -0.2) is 6.21 Å². The van der Waals surface area contributed by atoms with Gasteiger partial charge in [0.25, 0.3) is 0 Å². The highest BCUT2D eigenvalue weighted by Gasteiger charge is 1.67. The lowest BCUT2D eigenvalue weighted by atomic mass is 10.3. The van der Waals surface area contributed by atoms with Crippen molar-refractivity contribution in [3.8, 4) is 0 Å². The van der Waals surface area contributed by atoms with E-state index >= 15 is 0 Å². The van der Waals surface area contributed by atoms with E-state index in [2.05, 4.69) is 11.6 Å². The van der Waals surface area contributed by atoms with Gasteiger partial charge in [-0.1, -0.05) is 26.0 Å². The van der Waals surface area contributed by atoms with Crippen molar-refractivity contribution in [2.45, 2.75) is 27.7 Å². The van der Waals surface area contributed by atoms with E-state index in [9.17, 15) is 0 Å². The molecule has 0 unspecified atom stereocenters. The summed E-state index contributed by atoms with van der Waals surface area (Å²) in [7, 11) is 0. The maximum Gasteiger partial charge on any atom is 0.0266 e. The molecule has 0 saturated carbocycles. The molecule has 0 heterocycles. The monoisotopic (exact) mass is 139 g/mol. The molecule has 0 aromatic carbocycles. The average Bonchev–Trinajstić information content (AvgIpc) is 1.92. The third-order valence-electron chi connectivity index (χ3n) is 0.599. The fourth-order valence-electron chi connectivity index (χ4n) is 0.253. The van der Waals surface area contributed by atoms with Crippen LogP contribution in [0.4, 0.5) is 0 Å². The van der Waals surface area contributed by atoms with Crippen molar-refractivity contribution in [1.29, 1.82) is 0 Å². The maximum absolute atomic E-state index is 3.77. The quantitative estimate of drug-likeness (QED) is 0.521.